The first-order valence-corrected chi connectivity index (χ1v) is 8.79. The summed E-state index contributed by atoms with van der Waals surface area (Å²) in [5, 5.41) is 19.4. The first kappa shape index (κ1) is 15.3. The number of carboxylic acid groups (broad SMARTS) is 1. The highest BCUT2D eigenvalue weighted by Gasteiger charge is 2.51. The van der Waals surface area contributed by atoms with Crippen LogP contribution in [-0.2, 0) is 4.79 Å². The summed E-state index contributed by atoms with van der Waals surface area (Å²) in [6.07, 6.45) is 2.10. The molecule has 1 amide bonds. The molecule has 3 unspecified atom stereocenters. The zero-order chi connectivity index (χ0) is 15.3. The molecule has 2 bridgehead atoms. The largest absolute Gasteiger partial charge is 0.506 e. The zero-order valence-electron chi connectivity index (χ0n) is 10.9. The van der Waals surface area contributed by atoms with E-state index in [2.05, 4.69) is 22.6 Å². The summed E-state index contributed by atoms with van der Waals surface area (Å²) in [4.78, 5) is 25.7. The summed E-state index contributed by atoms with van der Waals surface area (Å²) in [6.45, 7) is 0. The standard InChI is InChI=1S/C14H13I2NO4/c15-6-3-9(12(18)10(16)4-6)13(19)17-7-1-2-11(17)8(5-7)14(20)21/h3-4,7-8,11,18H,1-2,5H2,(H,20,21). The van der Waals surface area contributed by atoms with Crippen molar-refractivity contribution >= 4 is 57.1 Å². The highest BCUT2D eigenvalue weighted by atomic mass is 127. The van der Waals surface area contributed by atoms with E-state index in [9.17, 15) is 19.8 Å². The number of nitrogens with zero attached hydrogens (tertiary/aromatic N) is 1. The fourth-order valence-electron chi connectivity index (χ4n) is 3.44. The van der Waals surface area contributed by atoms with Crippen molar-refractivity contribution in [2.45, 2.75) is 31.3 Å². The van der Waals surface area contributed by atoms with Gasteiger partial charge in [-0.15, -0.1) is 0 Å². The van der Waals surface area contributed by atoms with Crippen molar-refractivity contribution in [1.82, 2.24) is 4.90 Å². The number of benzene rings is 1. The van der Waals surface area contributed by atoms with Crippen LogP contribution in [-0.4, -0.2) is 39.1 Å². The van der Waals surface area contributed by atoms with Gasteiger partial charge in [0.2, 0.25) is 0 Å². The summed E-state index contributed by atoms with van der Waals surface area (Å²) >= 11 is 4.10. The first-order valence-electron chi connectivity index (χ1n) is 6.63. The van der Waals surface area contributed by atoms with Gasteiger partial charge in [0.05, 0.1) is 15.1 Å². The maximum Gasteiger partial charge on any atom is 0.308 e. The molecule has 1 aromatic carbocycles. The number of aromatic hydroxyl groups is 1. The molecule has 2 aliphatic rings. The molecule has 7 heteroatoms. The molecular formula is C14H13I2NO4. The van der Waals surface area contributed by atoms with Crippen molar-refractivity contribution in [3.05, 3.63) is 24.8 Å². The highest BCUT2D eigenvalue weighted by Crippen LogP contribution is 2.43. The van der Waals surface area contributed by atoms with Crippen molar-refractivity contribution in [2.75, 3.05) is 0 Å². The van der Waals surface area contributed by atoms with Gasteiger partial charge in [0, 0.05) is 15.7 Å². The number of halogens is 2. The number of hydrogen-bond acceptors (Lipinski definition) is 3. The van der Waals surface area contributed by atoms with Crippen LogP contribution < -0.4 is 0 Å². The normalized spacial score (nSPS) is 27.1. The van der Waals surface area contributed by atoms with Crippen molar-refractivity contribution < 1.29 is 19.8 Å². The Balaban J connectivity index is 1.95. The summed E-state index contributed by atoms with van der Waals surface area (Å²) < 4.78 is 1.50. The molecule has 3 atom stereocenters. The Labute approximate surface area is 149 Å². The lowest BCUT2D eigenvalue weighted by Crippen LogP contribution is -2.38. The van der Waals surface area contributed by atoms with Crippen molar-refractivity contribution in [2.24, 2.45) is 5.92 Å². The predicted molar refractivity (Wildman–Crippen MR) is 92.3 cm³/mol. The lowest BCUT2D eigenvalue weighted by atomic mass is 9.89. The number of fused-ring (bicyclic) bond motifs is 2. The van der Waals surface area contributed by atoms with Crippen LogP contribution in [0.3, 0.4) is 0 Å². The fourth-order valence-corrected chi connectivity index (χ4v) is 5.28. The smallest absolute Gasteiger partial charge is 0.308 e. The van der Waals surface area contributed by atoms with Gasteiger partial charge < -0.3 is 15.1 Å². The molecule has 2 aliphatic heterocycles. The second-order valence-corrected chi connectivity index (χ2v) is 7.88. The van der Waals surface area contributed by atoms with E-state index in [1.54, 1.807) is 17.0 Å². The fraction of sp³-hybridized carbons (Fsp3) is 0.429. The molecular weight excluding hydrogens is 500 g/mol. The third-order valence-corrected chi connectivity index (χ3v) is 5.79. The quantitative estimate of drug-likeness (QED) is 0.597. The van der Waals surface area contributed by atoms with Gasteiger partial charge in [-0.1, -0.05) is 0 Å². The van der Waals surface area contributed by atoms with Crippen LogP contribution in [0, 0.1) is 13.1 Å². The molecule has 0 radical (unpaired) electrons. The van der Waals surface area contributed by atoms with Gasteiger partial charge >= 0.3 is 5.97 Å². The Hall–Kier alpha value is -0.580. The van der Waals surface area contributed by atoms with Gasteiger partial charge in [-0.2, -0.15) is 0 Å². The van der Waals surface area contributed by atoms with Crippen LogP contribution >= 0.6 is 45.2 Å². The summed E-state index contributed by atoms with van der Waals surface area (Å²) in [7, 11) is 0. The van der Waals surface area contributed by atoms with Gasteiger partial charge in [-0.25, -0.2) is 0 Å². The van der Waals surface area contributed by atoms with E-state index in [0.717, 1.165) is 16.4 Å². The molecule has 5 nitrogen and oxygen atoms in total. The maximum absolute atomic E-state index is 12.8. The third kappa shape index (κ3) is 2.51. The number of rotatable bonds is 2. The second-order valence-electron chi connectivity index (χ2n) is 5.48. The Bertz CT molecular complexity index is 634. The maximum atomic E-state index is 12.8. The minimum Gasteiger partial charge on any atom is -0.506 e. The molecule has 2 fully saturated rings. The second kappa shape index (κ2) is 5.56. The minimum absolute atomic E-state index is 0.0146. The molecule has 21 heavy (non-hydrogen) atoms. The number of carbonyl (C=O) groups excluding carboxylic acids is 1. The number of carboxylic acids is 1. The average Bonchev–Trinajstić information content (AvgIpc) is 2.99. The Morgan fingerprint density at radius 1 is 1.24 bits per heavy atom. The van der Waals surface area contributed by atoms with Crippen LogP contribution in [0.25, 0.3) is 0 Å². The molecule has 1 aromatic rings. The van der Waals surface area contributed by atoms with Gasteiger partial charge in [0.15, 0.2) is 0 Å². The van der Waals surface area contributed by atoms with E-state index in [4.69, 9.17) is 0 Å². The molecule has 0 aliphatic carbocycles. The van der Waals surface area contributed by atoms with Crippen LogP contribution in [0.15, 0.2) is 12.1 Å². The van der Waals surface area contributed by atoms with E-state index >= 15 is 0 Å². The number of hydrogen-bond donors (Lipinski definition) is 2. The molecule has 0 saturated carbocycles. The Morgan fingerprint density at radius 2 is 1.95 bits per heavy atom. The molecule has 2 heterocycles. The lowest BCUT2D eigenvalue weighted by molar-refractivity contribution is -0.142. The number of phenols is 1. The van der Waals surface area contributed by atoms with E-state index in [0.29, 0.717) is 9.99 Å². The van der Waals surface area contributed by atoms with E-state index in [1.807, 2.05) is 22.6 Å². The summed E-state index contributed by atoms with van der Waals surface area (Å²) in [5.41, 5.74) is 0.272. The first-order chi connectivity index (χ1) is 9.90. The summed E-state index contributed by atoms with van der Waals surface area (Å²) in [6, 6.07) is 3.20. The van der Waals surface area contributed by atoms with Gasteiger partial charge in [-0.3, -0.25) is 9.59 Å². The van der Waals surface area contributed by atoms with Crippen molar-refractivity contribution in [3.63, 3.8) is 0 Å². The van der Waals surface area contributed by atoms with E-state index in [-0.39, 0.29) is 29.3 Å². The van der Waals surface area contributed by atoms with Crippen LogP contribution in [0.1, 0.15) is 29.6 Å². The topological polar surface area (TPSA) is 77.8 Å². The highest BCUT2D eigenvalue weighted by molar-refractivity contribution is 14.1. The average molecular weight is 513 g/mol. The number of phenolic OH excluding ortho intramolecular Hbond substituents is 1. The van der Waals surface area contributed by atoms with Crippen molar-refractivity contribution in [3.8, 4) is 5.75 Å². The third-order valence-electron chi connectivity index (χ3n) is 4.35. The van der Waals surface area contributed by atoms with Crippen LogP contribution in [0.4, 0.5) is 0 Å². The molecule has 0 aromatic heterocycles. The van der Waals surface area contributed by atoms with Crippen LogP contribution in [0.2, 0.25) is 0 Å². The molecule has 112 valence electrons. The monoisotopic (exact) mass is 513 g/mol. The molecule has 2 N–H and O–H groups in total. The number of aliphatic carboxylic acids is 1. The molecule has 2 saturated heterocycles. The van der Waals surface area contributed by atoms with E-state index < -0.39 is 11.9 Å². The molecule has 0 spiro atoms. The van der Waals surface area contributed by atoms with Crippen molar-refractivity contribution in [1.29, 1.82) is 0 Å². The Kier molecular flexibility index (Phi) is 4.06. The number of amides is 1. The summed E-state index contributed by atoms with van der Waals surface area (Å²) in [5.74, 6) is -1.57. The minimum atomic E-state index is -0.832. The zero-order valence-corrected chi connectivity index (χ0v) is 15.2. The Morgan fingerprint density at radius 3 is 2.57 bits per heavy atom. The van der Waals surface area contributed by atoms with Crippen LogP contribution in [0.5, 0.6) is 5.75 Å². The molecule has 3 rings (SSSR count). The SMILES string of the molecule is O=C(O)C1CC2CCC1N2C(=O)c1cc(I)cc(I)c1O. The van der Waals surface area contributed by atoms with Gasteiger partial charge in [0.25, 0.3) is 5.91 Å². The van der Waals surface area contributed by atoms with Gasteiger partial charge in [-0.05, 0) is 76.6 Å². The van der Waals surface area contributed by atoms with Gasteiger partial charge in [0.1, 0.15) is 5.75 Å². The lowest BCUT2D eigenvalue weighted by Gasteiger charge is -2.23. The number of carbonyl (C=O) groups is 2. The predicted octanol–water partition coefficient (Wildman–Crippen LogP) is 2.68. The van der Waals surface area contributed by atoms with E-state index in [1.165, 1.54) is 0 Å².